The number of likely N-dealkylation sites (tertiary alicyclic amines) is 1. The fourth-order valence-electron chi connectivity index (χ4n) is 2.78. The molecule has 0 bridgehead atoms. The molecule has 0 unspecified atom stereocenters. The number of hydrogen-bond acceptors (Lipinski definition) is 2. The molecule has 1 fully saturated rings. The molecule has 2 aromatic carbocycles. The summed E-state index contributed by atoms with van der Waals surface area (Å²) >= 11 is 0. The van der Waals surface area contributed by atoms with E-state index in [0.717, 1.165) is 25.9 Å². The van der Waals surface area contributed by atoms with Gasteiger partial charge in [0.15, 0.2) is 0 Å². The zero-order valence-electron chi connectivity index (χ0n) is 13.3. The number of amides is 2. The molecule has 2 amide bonds. The maximum Gasteiger partial charge on any atom is 0.255 e. The van der Waals surface area contributed by atoms with Gasteiger partial charge in [-0.05, 0) is 67.8 Å². The van der Waals surface area contributed by atoms with Gasteiger partial charge in [0.2, 0.25) is 0 Å². The largest absolute Gasteiger partial charge is 0.339 e. The van der Waals surface area contributed by atoms with Crippen LogP contribution < -0.4 is 5.32 Å². The van der Waals surface area contributed by atoms with Gasteiger partial charge in [-0.25, -0.2) is 4.39 Å². The first-order chi connectivity index (χ1) is 11.6. The van der Waals surface area contributed by atoms with Crippen LogP contribution in [0.4, 0.5) is 10.1 Å². The van der Waals surface area contributed by atoms with E-state index in [1.807, 2.05) is 4.90 Å². The minimum Gasteiger partial charge on any atom is -0.339 e. The van der Waals surface area contributed by atoms with Crippen LogP contribution >= 0.6 is 0 Å². The predicted octanol–water partition coefficient (Wildman–Crippen LogP) is 3.70. The number of rotatable bonds is 3. The average molecular weight is 326 g/mol. The third kappa shape index (κ3) is 3.79. The van der Waals surface area contributed by atoms with Crippen molar-refractivity contribution < 1.29 is 14.0 Å². The summed E-state index contributed by atoms with van der Waals surface area (Å²) in [6, 6.07) is 12.2. The normalized spacial score (nSPS) is 14.3. The van der Waals surface area contributed by atoms with Crippen LogP contribution in [0.1, 0.15) is 40.0 Å². The summed E-state index contributed by atoms with van der Waals surface area (Å²) in [6.07, 6.45) is 3.26. The Labute approximate surface area is 140 Å². The second kappa shape index (κ2) is 7.25. The fourth-order valence-corrected chi connectivity index (χ4v) is 2.78. The van der Waals surface area contributed by atoms with Crippen molar-refractivity contribution in [3.8, 4) is 0 Å². The van der Waals surface area contributed by atoms with Gasteiger partial charge in [-0.2, -0.15) is 0 Å². The van der Waals surface area contributed by atoms with Crippen molar-refractivity contribution in [1.29, 1.82) is 0 Å². The molecule has 0 spiro atoms. The summed E-state index contributed by atoms with van der Waals surface area (Å²) in [7, 11) is 0. The van der Waals surface area contributed by atoms with Gasteiger partial charge in [-0.15, -0.1) is 0 Å². The van der Waals surface area contributed by atoms with E-state index in [0.29, 0.717) is 16.8 Å². The van der Waals surface area contributed by atoms with Crippen molar-refractivity contribution >= 4 is 17.5 Å². The van der Waals surface area contributed by atoms with Crippen molar-refractivity contribution in [3.63, 3.8) is 0 Å². The first-order valence-electron chi connectivity index (χ1n) is 8.10. The van der Waals surface area contributed by atoms with Crippen LogP contribution in [0.2, 0.25) is 0 Å². The van der Waals surface area contributed by atoms with Crippen LogP contribution in [-0.4, -0.2) is 29.8 Å². The molecule has 0 atom stereocenters. The van der Waals surface area contributed by atoms with E-state index in [1.54, 1.807) is 24.3 Å². The van der Waals surface area contributed by atoms with Gasteiger partial charge in [-0.3, -0.25) is 9.59 Å². The predicted molar refractivity (Wildman–Crippen MR) is 90.5 cm³/mol. The number of carbonyl (C=O) groups excluding carboxylic acids is 2. The van der Waals surface area contributed by atoms with Crippen molar-refractivity contribution in [2.24, 2.45) is 0 Å². The van der Waals surface area contributed by atoms with Gasteiger partial charge in [0, 0.05) is 29.9 Å². The molecule has 1 saturated heterocycles. The van der Waals surface area contributed by atoms with Crippen LogP contribution in [0.5, 0.6) is 0 Å². The summed E-state index contributed by atoms with van der Waals surface area (Å²) in [4.78, 5) is 26.4. The van der Waals surface area contributed by atoms with Crippen LogP contribution in [0.25, 0.3) is 0 Å². The molecule has 0 saturated carbocycles. The van der Waals surface area contributed by atoms with Gasteiger partial charge >= 0.3 is 0 Å². The number of nitrogens with one attached hydrogen (secondary N) is 1. The maximum absolute atomic E-state index is 12.9. The monoisotopic (exact) mass is 326 g/mol. The molecule has 124 valence electrons. The highest BCUT2D eigenvalue weighted by atomic mass is 19.1. The molecule has 4 nitrogen and oxygen atoms in total. The van der Waals surface area contributed by atoms with E-state index in [9.17, 15) is 14.0 Å². The number of benzene rings is 2. The van der Waals surface area contributed by atoms with Crippen LogP contribution in [0, 0.1) is 5.82 Å². The van der Waals surface area contributed by atoms with E-state index >= 15 is 0 Å². The Morgan fingerprint density at radius 3 is 2.04 bits per heavy atom. The van der Waals surface area contributed by atoms with Crippen molar-refractivity contribution in [2.45, 2.75) is 19.3 Å². The van der Waals surface area contributed by atoms with E-state index in [-0.39, 0.29) is 17.6 Å². The number of nitrogens with zero attached hydrogens (tertiary/aromatic N) is 1. The third-order valence-corrected chi connectivity index (χ3v) is 4.14. The quantitative estimate of drug-likeness (QED) is 0.935. The molecule has 0 aromatic heterocycles. The molecule has 1 N–H and O–H groups in total. The Morgan fingerprint density at radius 2 is 1.42 bits per heavy atom. The first-order valence-corrected chi connectivity index (χ1v) is 8.10. The lowest BCUT2D eigenvalue weighted by Crippen LogP contribution is -2.35. The third-order valence-electron chi connectivity index (χ3n) is 4.14. The molecule has 3 rings (SSSR count). The number of hydrogen-bond donors (Lipinski definition) is 1. The molecule has 0 radical (unpaired) electrons. The van der Waals surface area contributed by atoms with E-state index in [4.69, 9.17) is 0 Å². The Bertz CT molecular complexity index is 720. The second-order valence-electron chi connectivity index (χ2n) is 5.89. The Balaban J connectivity index is 1.66. The second-order valence-corrected chi connectivity index (χ2v) is 5.89. The summed E-state index contributed by atoms with van der Waals surface area (Å²) in [5.41, 5.74) is 1.57. The van der Waals surface area contributed by atoms with Crippen molar-refractivity contribution in [2.75, 3.05) is 18.4 Å². The molecule has 1 aliphatic rings. The van der Waals surface area contributed by atoms with Gasteiger partial charge in [0.05, 0.1) is 0 Å². The number of anilines is 1. The molecule has 1 aliphatic heterocycles. The number of piperidine rings is 1. The number of halogens is 1. The molecule has 1 heterocycles. The zero-order chi connectivity index (χ0) is 16.9. The lowest BCUT2D eigenvalue weighted by molar-refractivity contribution is 0.0724. The average Bonchev–Trinajstić information content (AvgIpc) is 2.64. The minimum absolute atomic E-state index is 0.0141. The Hall–Kier alpha value is -2.69. The summed E-state index contributed by atoms with van der Waals surface area (Å²) in [5, 5.41) is 2.70. The first kappa shape index (κ1) is 16.2. The van der Waals surface area contributed by atoms with Crippen molar-refractivity contribution in [3.05, 3.63) is 65.5 Å². The fraction of sp³-hybridized carbons (Fsp3) is 0.263. The maximum atomic E-state index is 12.9. The highest BCUT2D eigenvalue weighted by Crippen LogP contribution is 2.15. The van der Waals surface area contributed by atoms with E-state index < -0.39 is 0 Å². The minimum atomic E-state index is -0.353. The summed E-state index contributed by atoms with van der Waals surface area (Å²) < 4.78 is 12.9. The van der Waals surface area contributed by atoms with Crippen molar-refractivity contribution in [1.82, 2.24) is 4.90 Å². The van der Waals surface area contributed by atoms with E-state index in [1.165, 1.54) is 30.7 Å². The Morgan fingerprint density at radius 1 is 0.833 bits per heavy atom. The molecular weight excluding hydrogens is 307 g/mol. The van der Waals surface area contributed by atoms with Gasteiger partial charge in [0.25, 0.3) is 11.8 Å². The number of carbonyl (C=O) groups is 2. The Kier molecular flexibility index (Phi) is 4.89. The zero-order valence-corrected chi connectivity index (χ0v) is 13.3. The SMILES string of the molecule is O=C(Nc1ccc(F)cc1)c1ccc(C(=O)N2CCCCC2)cc1. The summed E-state index contributed by atoms with van der Waals surface area (Å²) in [6.45, 7) is 1.59. The van der Waals surface area contributed by atoms with Crippen LogP contribution in [0.3, 0.4) is 0 Å². The molecule has 5 heteroatoms. The van der Waals surface area contributed by atoms with Crippen LogP contribution in [-0.2, 0) is 0 Å². The van der Waals surface area contributed by atoms with E-state index in [2.05, 4.69) is 5.32 Å². The highest BCUT2D eigenvalue weighted by molar-refractivity contribution is 6.05. The standard InChI is InChI=1S/C19H19FN2O2/c20-16-8-10-17(11-9-16)21-18(23)14-4-6-15(7-5-14)19(24)22-12-2-1-3-13-22/h4-11H,1-3,12-13H2,(H,21,23). The highest BCUT2D eigenvalue weighted by Gasteiger charge is 2.18. The topological polar surface area (TPSA) is 49.4 Å². The summed E-state index contributed by atoms with van der Waals surface area (Å²) in [5.74, 6) is -0.632. The lowest BCUT2D eigenvalue weighted by Gasteiger charge is -2.26. The molecule has 0 aliphatic carbocycles. The van der Waals surface area contributed by atoms with Gasteiger partial charge in [0.1, 0.15) is 5.82 Å². The molecule has 2 aromatic rings. The van der Waals surface area contributed by atoms with Crippen LogP contribution in [0.15, 0.2) is 48.5 Å². The molecular formula is C19H19FN2O2. The van der Waals surface area contributed by atoms with Gasteiger partial charge in [-0.1, -0.05) is 0 Å². The van der Waals surface area contributed by atoms with Gasteiger partial charge < -0.3 is 10.2 Å². The smallest absolute Gasteiger partial charge is 0.255 e. The lowest BCUT2D eigenvalue weighted by atomic mass is 10.1. The molecule has 24 heavy (non-hydrogen) atoms.